The lowest BCUT2D eigenvalue weighted by atomic mass is 10.2. The minimum Gasteiger partial charge on any atom is -0.478 e. The summed E-state index contributed by atoms with van der Waals surface area (Å²) in [5.41, 5.74) is 1.50. The zero-order valence-electron chi connectivity index (χ0n) is 14.4. The summed E-state index contributed by atoms with van der Waals surface area (Å²) < 4.78 is 7.05. The Hall–Kier alpha value is -1.10. The fourth-order valence-corrected chi connectivity index (χ4v) is 1.88. The fourth-order valence-electron chi connectivity index (χ4n) is 1.35. The SMILES string of the molecule is CCO.CCOC(=N)c1ccc(Br)cc1.Cl.Cl.N#Cc1ccc(Br)cc1. The molecule has 0 aliphatic rings. The first-order valence-electron chi connectivity index (χ1n) is 7.22. The molecule has 0 fully saturated rings. The van der Waals surface area contributed by atoms with Gasteiger partial charge in [-0.3, -0.25) is 5.41 Å². The van der Waals surface area contributed by atoms with Crippen molar-refractivity contribution in [1.29, 1.82) is 10.7 Å². The number of hydrogen-bond donors (Lipinski definition) is 2. The summed E-state index contributed by atoms with van der Waals surface area (Å²) in [4.78, 5) is 0. The molecule has 2 aromatic rings. The molecule has 0 heterocycles. The third kappa shape index (κ3) is 14.1. The Balaban J connectivity index is -0.000000339. The largest absolute Gasteiger partial charge is 0.478 e. The van der Waals surface area contributed by atoms with Gasteiger partial charge in [0, 0.05) is 21.1 Å². The molecule has 0 atom stereocenters. The number of nitrogens with zero attached hydrogens (tertiary/aromatic N) is 1. The van der Waals surface area contributed by atoms with Crippen molar-refractivity contribution in [3.05, 3.63) is 68.6 Å². The maximum absolute atomic E-state index is 8.36. The van der Waals surface area contributed by atoms with Crippen LogP contribution in [0.4, 0.5) is 0 Å². The van der Waals surface area contributed by atoms with Crippen LogP contribution in [0.1, 0.15) is 25.0 Å². The zero-order chi connectivity index (χ0) is 18.4. The predicted molar refractivity (Wildman–Crippen MR) is 119 cm³/mol. The molecule has 4 nitrogen and oxygen atoms in total. The number of rotatable bonds is 2. The quantitative estimate of drug-likeness (QED) is 0.372. The minimum absolute atomic E-state index is 0. The van der Waals surface area contributed by atoms with Crippen molar-refractivity contribution in [2.45, 2.75) is 13.8 Å². The first-order chi connectivity index (χ1) is 11.5. The summed E-state index contributed by atoms with van der Waals surface area (Å²) in [6.45, 7) is 4.34. The Kier molecular flexibility index (Phi) is 21.3. The van der Waals surface area contributed by atoms with Gasteiger partial charge in [-0.1, -0.05) is 31.9 Å². The van der Waals surface area contributed by atoms with E-state index in [9.17, 15) is 0 Å². The molecule has 2 N–H and O–H groups in total. The van der Waals surface area contributed by atoms with Crippen molar-refractivity contribution in [1.82, 2.24) is 0 Å². The molecule has 2 aromatic carbocycles. The van der Waals surface area contributed by atoms with E-state index in [0.717, 1.165) is 14.5 Å². The molecule has 0 spiro atoms. The fraction of sp³-hybridized carbons (Fsp3) is 0.222. The highest BCUT2D eigenvalue weighted by molar-refractivity contribution is 9.10. The number of ether oxygens (including phenoxy) is 1. The summed E-state index contributed by atoms with van der Waals surface area (Å²) in [6, 6.07) is 16.7. The number of nitriles is 1. The van der Waals surface area contributed by atoms with Gasteiger partial charge in [-0.25, -0.2) is 0 Å². The molecule has 0 aliphatic heterocycles. The number of benzene rings is 2. The van der Waals surface area contributed by atoms with Gasteiger partial charge in [0.15, 0.2) is 0 Å². The lowest BCUT2D eigenvalue weighted by molar-refractivity contribution is 0.318. The second kappa shape index (κ2) is 18.7. The van der Waals surface area contributed by atoms with Gasteiger partial charge in [-0.2, -0.15) is 5.26 Å². The zero-order valence-corrected chi connectivity index (χ0v) is 19.2. The number of halogens is 4. The van der Waals surface area contributed by atoms with Gasteiger partial charge in [0.1, 0.15) is 0 Å². The third-order valence-corrected chi connectivity index (χ3v) is 3.43. The molecule has 144 valence electrons. The Bertz CT molecular complexity index is 646. The van der Waals surface area contributed by atoms with Gasteiger partial charge in [-0.15, -0.1) is 24.8 Å². The highest BCUT2D eigenvalue weighted by Gasteiger charge is 1.99. The molecule has 8 heteroatoms. The number of nitrogens with one attached hydrogen (secondary N) is 1. The van der Waals surface area contributed by atoms with E-state index in [0.29, 0.717) is 12.2 Å². The van der Waals surface area contributed by atoms with Crippen molar-refractivity contribution in [2.24, 2.45) is 0 Å². The molecule has 26 heavy (non-hydrogen) atoms. The van der Waals surface area contributed by atoms with E-state index in [1.807, 2.05) is 49.4 Å². The van der Waals surface area contributed by atoms with Gasteiger partial charge >= 0.3 is 0 Å². The normalized spacial score (nSPS) is 8.00. The van der Waals surface area contributed by atoms with E-state index >= 15 is 0 Å². The van der Waals surface area contributed by atoms with Gasteiger partial charge in [0.25, 0.3) is 0 Å². The van der Waals surface area contributed by atoms with Crippen molar-refractivity contribution < 1.29 is 9.84 Å². The Morgan fingerprint density at radius 1 is 1.00 bits per heavy atom. The Morgan fingerprint density at radius 3 is 1.73 bits per heavy atom. The van der Waals surface area contributed by atoms with Crippen molar-refractivity contribution in [2.75, 3.05) is 13.2 Å². The molecule has 0 radical (unpaired) electrons. The van der Waals surface area contributed by atoms with E-state index in [1.165, 1.54) is 0 Å². The van der Waals surface area contributed by atoms with Gasteiger partial charge < -0.3 is 9.84 Å². The monoisotopic (exact) mass is 526 g/mol. The molecule has 0 aromatic heterocycles. The molecule has 0 saturated heterocycles. The first kappa shape index (κ1) is 29.7. The van der Waals surface area contributed by atoms with Crippen LogP contribution in [0.2, 0.25) is 0 Å². The summed E-state index contributed by atoms with van der Waals surface area (Å²) in [6.07, 6.45) is 0. The molecular weight excluding hydrogens is 507 g/mol. The van der Waals surface area contributed by atoms with Crippen LogP contribution in [-0.4, -0.2) is 24.2 Å². The molecule has 0 amide bonds. The number of aliphatic hydroxyl groups excluding tert-OH is 1. The van der Waals surface area contributed by atoms with Gasteiger partial charge in [0.05, 0.1) is 18.2 Å². The van der Waals surface area contributed by atoms with Gasteiger partial charge in [0.2, 0.25) is 5.90 Å². The average Bonchev–Trinajstić information content (AvgIpc) is 2.58. The Labute approximate surface area is 184 Å². The summed E-state index contributed by atoms with van der Waals surface area (Å²) in [5.74, 6) is 0.227. The van der Waals surface area contributed by atoms with Crippen LogP contribution in [-0.2, 0) is 4.74 Å². The highest BCUT2D eigenvalue weighted by Crippen LogP contribution is 2.11. The lowest BCUT2D eigenvalue weighted by Crippen LogP contribution is -2.03. The van der Waals surface area contributed by atoms with Crippen LogP contribution >= 0.6 is 56.7 Å². The summed E-state index contributed by atoms with van der Waals surface area (Å²) in [5, 5.41) is 23.4. The first-order valence-corrected chi connectivity index (χ1v) is 8.80. The molecule has 0 unspecified atom stereocenters. The number of aliphatic hydroxyl groups is 1. The van der Waals surface area contributed by atoms with E-state index in [2.05, 4.69) is 31.9 Å². The van der Waals surface area contributed by atoms with Crippen LogP contribution < -0.4 is 0 Å². The maximum Gasteiger partial charge on any atom is 0.213 e. The topological polar surface area (TPSA) is 77.1 Å². The number of hydrogen-bond acceptors (Lipinski definition) is 4. The van der Waals surface area contributed by atoms with Crippen LogP contribution in [0.25, 0.3) is 0 Å². The molecular formula is C18H22Br2Cl2N2O2. The van der Waals surface area contributed by atoms with E-state index in [4.69, 9.17) is 20.5 Å². The van der Waals surface area contributed by atoms with Crippen molar-refractivity contribution >= 4 is 62.6 Å². The highest BCUT2D eigenvalue weighted by atomic mass is 79.9. The second-order valence-corrected chi connectivity index (χ2v) is 6.04. The minimum atomic E-state index is 0. The van der Waals surface area contributed by atoms with E-state index < -0.39 is 0 Å². The summed E-state index contributed by atoms with van der Waals surface area (Å²) in [7, 11) is 0. The van der Waals surface area contributed by atoms with Gasteiger partial charge in [-0.05, 0) is 62.4 Å². The summed E-state index contributed by atoms with van der Waals surface area (Å²) >= 11 is 6.59. The van der Waals surface area contributed by atoms with E-state index in [-0.39, 0.29) is 37.3 Å². The van der Waals surface area contributed by atoms with Crippen molar-refractivity contribution in [3.63, 3.8) is 0 Å². The molecule has 0 aliphatic carbocycles. The smallest absolute Gasteiger partial charge is 0.213 e. The standard InChI is InChI=1S/C9H10BrNO.C7H4BrN.C2H6O.2ClH/c1-2-12-9(11)7-3-5-8(10)6-4-7;8-7-3-1-6(5-9)2-4-7;1-2-3;;/h3-6,11H,2H2,1H3;1-4H;3H,2H2,1H3;2*1H. The van der Waals surface area contributed by atoms with E-state index in [1.54, 1.807) is 19.1 Å². The van der Waals surface area contributed by atoms with Crippen LogP contribution in [0.5, 0.6) is 0 Å². The maximum atomic E-state index is 8.36. The van der Waals surface area contributed by atoms with Crippen LogP contribution in [0.3, 0.4) is 0 Å². The second-order valence-electron chi connectivity index (χ2n) is 4.20. The molecule has 2 rings (SSSR count). The average molecular weight is 529 g/mol. The Morgan fingerprint density at radius 2 is 1.38 bits per heavy atom. The van der Waals surface area contributed by atoms with Crippen LogP contribution in [0.15, 0.2) is 57.5 Å². The van der Waals surface area contributed by atoms with Crippen molar-refractivity contribution in [3.8, 4) is 6.07 Å². The lowest BCUT2D eigenvalue weighted by Gasteiger charge is -2.03. The predicted octanol–water partition coefficient (Wildman–Crippen LogP) is 5.97. The molecule has 0 bridgehead atoms. The molecule has 0 saturated carbocycles. The van der Waals surface area contributed by atoms with Crippen LogP contribution in [0, 0.1) is 16.7 Å². The third-order valence-electron chi connectivity index (χ3n) is 2.37.